The average Bonchev–Trinajstić information content (AvgIpc) is 3.51. The molecule has 2 saturated heterocycles. The standard InChI is InChI=1S/C35H38FN9O4/c1-35(2,44-16-14-42(15-17-44)34(47)48-3)19-23(20-37)33(46)43-13-7-8-24(21-43)45-32-29(31(38)39-22-40-32)30(41-45)27-12-11-26(18-28(27)36)49-25-9-5-4-6-10-25/h4-6,9-12,18-19,22,24H,7-8,13-17,21H2,1-3H3,(H2,38,39,40)/b23-19+/t24-/m1/s1. The summed E-state index contributed by atoms with van der Waals surface area (Å²) in [5.41, 5.74) is 6.65. The Hall–Kier alpha value is -5.55. The number of aromatic nitrogens is 4. The maximum absolute atomic E-state index is 15.7. The highest BCUT2D eigenvalue weighted by Crippen LogP contribution is 2.36. The van der Waals surface area contributed by atoms with Crippen LogP contribution in [-0.4, -0.2) is 98.4 Å². The first-order valence-electron chi connectivity index (χ1n) is 16.1. The number of nitrogens with two attached hydrogens (primary N) is 1. The quantitative estimate of drug-likeness (QED) is 0.215. The number of nitrogens with zero attached hydrogens (tertiary/aromatic N) is 8. The Labute approximate surface area is 283 Å². The molecule has 14 heteroatoms. The van der Waals surface area contributed by atoms with Crippen molar-refractivity contribution in [3.05, 3.63) is 72.3 Å². The van der Waals surface area contributed by atoms with Gasteiger partial charge in [0, 0.05) is 56.4 Å². The number of carbonyl (C=O) groups is 2. The first-order valence-corrected chi connectivity index (χ1v) is 16.1. The normalized spacial score (nSPS) is 17.5. The van der Waals surface area contributed by atoms with Gasteiger partial charge in [-0.2, -0.15) is 10.4 Å². The second-order valence-corrected chi connectivity index (χ2v) is 12.6. The monoisotopic (exact) mass is 667 g/mol. The average molecular weight is 668 g/mol. The number of ether oxygens (including phenoxy) is 2. The lowest BCUT2D eigenvalue weighted by Gasteiger charge is -2.42. The summed E-state index contributed by atoms with van der Waals surface area (Å²) >= 11 is 0. The number of methoxy groups -OCH3 is 1. The van der Waals surface area contributed by atoms with Gasteiger partial charge in [0.05, 0.1) is 18.5 Å². The fourth-order valence-corrected chi connectivity index (χ4v) is 6.50. The van der Waals surface area contributed by atoms with Crippen LogP contribution in [0.5, 0.6) is 11.5 Å². The SMILES string of the molecule is COC(=O)N1CCN(C(C)(C)/C=C(\C#N)C(=O)N2CCC[C@@H](n3nc(-c4ccc(Oc5ccccc5)cc4F)c4c(N)ncnc43)C2)CC1. The van der Waals surface area contributed by atoms with E-state index in [2.05, 4.69) is 20.9 Å². The number of hydrogen-bond donors (Lipinski definition) is 1. The van der Waals surface area contributed by atoms with Gasteiger partial charge in [-0.1, -0.05) is 18.2 Å². The van der Waals surface area contributed by atoms with Crippen LogP contribution in [-0.2, 0) is 9.53 Å². The number of halogens is 1. The lowest BCUT2D eigenvalue weighted by atomic mass is 9.96. The third kappa shape index (κ3) is 6.88. The molecule has 2 amide bonds. The fourth-order valence-electron chi connectivity index (χ4n) is 6.50. The summed E-state index contributed by atoms with van der Waals surface area (Å²) in [7, 11) is 1.36. The van der Waals surface area contributed by atoms with Crippen molar-refractivity contribution in [1.82, 2.24) is 34.4 Å². The highest BCUT2D eigenvalue weighted by atomic mass is 19.1. The summed E-state index contributed by atoms with van der Waals surface area (Å²) in [6.45, 7) is 6.74. The van der Waals surface area contributed by atoms with Crippen LogP contribution in [0.2, 0.25) is 0 Å². The summed E-state index contributed by atoms with van der Waals surface area (Å²) < 4.78 is 28.0. The molecule has 0 spiro atoms. The number of piperidine rings is 1. The van der Waals surface area contributed by atoms with Crippen molar-refractivity contribution >= 4 is 28.9 Å². The van der Waals surface area contributed by atoms with Gasteiger partial charge in [-0.15, -0.1) is 0 Å². The van der Waals surface area contributed by atoms with E-state index in [1.54, 1.807) is 44.8 Å². The van der Waals surface area contributed by atoms with Crippen molar-refractivity contribution in [3.63, 3.8) is 0 Å². The summed E-state index contributed by atoms with van der Waals surface area (Å²) in [4.78, 5) is 39.8. The topological polar surface area (TPSA) is 156 Å². The molecule has 254 valence electrons. The van der Waals surface area contributed by atoms with Crippen LogP contribution < -0.4 is 10.5 Å². The molecule has 2 aromatic carbocycles. The molecule has 4 aromatic rings. The van der Waals surface area contributed by atoms with Gasteiger partial charge in [-0.3, -0.25) is 9.69 Å². The minimum absolute atomic E-state index is 0.0403. The lowest BCUT2D eigenvalue weighted by Crippen LogP contribution is -2.55. The van der Waals surface area contributed by atoms with E-state index in [0.29, 0.717) is 68.1 Å². The molecule has 2 fully saturated rings. The number of likely N-dealkylation sites (tertiary alicyclic amines) is 1. The minimum atomic E-state index is -0.620. The van der Waals surface area contributed by atoms with E-state index in [4.69, 9.17) is 20.3 Å². The molecular weight excluding hydrogens is 629 g/mol. The predicted molar refractivity (Wildman–Crippen MR) is 180 cm³/mol. The highest BCUT2D eigenvalue weighted by Gasteiger charge is 2.34. The number of nitriles is 1. The van der Waals surface area contributed by atoms with E-state index in [1.807, 2.05) is 32.0 Å². The molecule has 0 bridgehead atoms. The van der Waals surface area contributed by atoms with E-state index in [1.165, 1.54) is 19.5 Å². The Morgan fingerprint density at radius 3 is 2.49 bits per heavy atom. The Balaban J connectivity index is 1.23. The number of amides is 2. The maximum Gasteiger partial charge on any atom is 0.409 e. The van der Waals surface area contributed by atoms with Crippen molar-refractivity contribution in [2.75, 3.05) is 52.1 Å². The minimum Gasteiger partial charge on any atom is -0.457 e. The van der Waals surface area contributed by atoms with Crippen LogP contribution in [0.25, 0.3) is 22.3 Å². The van der Waals surface area contributed by atoms with Gasteiger partial charge in [0.25, 0.3) is 5.91 Å². The molecule has 0 saturated carbocycles. The first-order chi connectivity index (χ1) is 23.6. The Morgan fingerprint density at radius 1 is 1.04 bits per heavy atom. The molecule has 0 unspecified atom stereocenters. The van der Waals surface area contributed by atoms with Gasteiger partial charge < -0.3 is 25.0 Å². The number of rotatable bonds is 7. The summed E-state index contributed by atoms with van der Waals surface area (Å²) in [5.74, 6) is 0.134. The van der Waals surface area contributed by atoms with Crippen molar-refractivity contribution in [1.29, 1.82) is 5.26 Å². The number of benzene rings is 2. The third-order valence-electron chi connectivity index (χ3n) is 9.10. The van der Waals surface area contributed by atoms with Crippen molar-refractivity contribution in [3.8, 4) is 28.8 Å². The molecule has 1 atom stereocenters. The zero-order chi connectivity index (χ0) is 34.7. The zero-order valence-corrected chi connectivity index (χ0v) is 27.7. The van der Waals surface area contributed by atoms with E-state index < -0.39 is 11.4 Å². The summed E-state index contributed by atoms with van der Waals surface area (Å²) in [6.07, 6.45) is 4.00. The Morgan fingerprint density at radius 2 is 1.80 bits per heavy atom. The summed E-state index contributed by atoms with van der Waals surface area (Å²) in [6, 6.07) is 15.4. The predicted octanol–water partition coefficient (Wildman–Crippen LogP) is 4.78. The number of fused-ring (bicyclic) bond motifs is 1. The van der Waals surface area contributed by atoms with E-state index in [-0.39, 0.29) is 47.2 Å². The smallest absolute Gasteiger partial charge is 0.409 e. The summed E-state index contributed by atoms with van der Waals surface area (Å²) in [5, 5.41) is 15.3. The van der Waals surface area contributed by atoms with Crippen LogP contribution in [0.15, 0.2) is 66.5 Å². The van der Waals surface area contributed by atoms with Crippen LogP contribution >= 0.6 is 0 Å². The molecule has 2 N–H and O–H groups in total. The maximum atomic E-state index is 15.7. The van der Waals surface area contributed by atoms with Crippen LogP contribution in [0.3, 0.4) is 0 Å². The number of nitrogen functional groups attached to an aromatic ring is 1. The van der Waals surface area contributed by atoms with Gasteiger partial charge in [0.15, 0.2) is 5.65 Å². The van der Waals surface area contributed by atoms with Gasteiger partial charge in [-0.05, 0) is 57.0 Å². The Bertz CT molecular complexity index is 1930. The van der Waals surface area contributed by atoms with Crippen LogP contribution in [0.1, 0.15) is 32.7 Å². The zero-order valence-electron chi connectivity index (χ0n) is 27.7. The third-order valence-corrected chi connectivity index (χ3v) is 9.10. The number of para-hydroxylation sites is 1. The Kier molecular flexibility index (Phi) is 9.46. The molecule has 6 rings (SSSR count). The van der Waals surface area contributed by atoms with Gasteiger partial charge in [-0.25, -0.2) is 23.8 Å². The number of hydrogen-bond acceptors (Lipinski definition) is 10. The molecule has 2 aromatic heterocycles. The number of piperazine rings is 1. The van der Waals surface area contributed by atoms with Gasteiger partial charge in [0.1, 0.15) is 46.8 Å². The lowest BCUT2D eigenvalue weighted by molar-refractivity contribution is -0.128. The van der Waals surface area contributed by atoms with E-state index in [9.17, 15) is 14.9 Å². The molecule has 4 heterocycles. The molecule has 13 nitrogen and oxygen atoms in total. The van der Waals surface area contributed by atoms with Gasteiger partial charge >= 0.3 is 6.09 Å². The highest BCUT2D eigenvalue weighted by molar-refractivity contribution is 5.99. The molecule has 49 heavy (non-hydrogen) atoms. The number of anilines is 1. The molecule has 2 aliphatic heterocycles. The van der Waals surface area contributed by atoms with Crippen molar-refractivity contribution in [2.45, 2.75) is 38.3 Å². The number of carbonyl (C=O) groups excluding carboxylic acids is 2. The van der Waals surface area contributed by atoms with Crippen LogP contribution in [0, 0.1) is 17.1 Å². The van der Waals surface area contributed by atoms with Crippen molar-refractivity contribution in [2.24, 2.45) is 0 Å². The molecule has 0 aliphatic carbocycles. The van der Waals surface area contributed by atoms with E-state index >= 15 is 4.39 Å². The van der Waals surface area contributed by atoms with E-state index in [0.717, 1.165) is 0 Å². The van der Waals surface area contributed by atoms with Gasteiger partial charge in [0.2, 0.25) is 0 Å². The first kappa shape index (κ1) is 33.4. The fraction of sp³-hybridized carbons (Fsp3) is 0.371. The second kappa shape index (κ2) is 13.9. The second-order valence-electron chi connectivity index (χ2n) is 12.6. The molecule has 2 aliphatic rings. The molecular formula is C35H38FN9O4. The largest absolute Gasteiger partial charge is 0.457 e. The van der Waals surface area contributed by atoms with Crippen molar-refractivity contribution < 1.29 is 23.5 Å². The van der Waals surface area contributed by atoms with Crippen LogP contribution in [0.4, 0.5) is 15.0 Å². The molecule has 0 radical (unpaired) electrons.